The number of rotatable bonds is 16. The van der Waals surface area contributed by atoms with Crippen LogP contribution in [0.4, 0.5) is 18.3 Å². The Bertz CT molecular complexity index is 3120. The van der Waals surface area contributed by atoms with E-state index >= 15 is 0 Å². The molecule has 0 radical (unpaired) electrons. The van der Waals surface area contributed by atoms with Gasteiger partial charge in [0.2, 0.25) is 5.91 Å². The van der Waals surface area contributed by atoms with Crippen molar-refractivity contribution in [1.82, 2.24) is 15.2 Å². The first-order valence-electron chi connectivity index (χ1n) is 21.4. The highest BCUT2D eigenvalue weighted by atomic mass is 32.2. The topological polar surface area (TPSA) is 166 Å². The molecular weight excluding hydrogens is 984 g/mol. The van der Waals surface area contributed by atoms with Gasteiger partial charge in [0.05, 0.1) is 16.0 Å². The molecule has 7 aromatic rings. The molecule has 2 fully saturated rings. The maximum absolute atomic E-state index is 14.9. The number of nitrogens with one attached hydrogen (secondary N) is 2. The largest absolute Gasteiger partial charge is 0.497 e. The van der Waals surface area contributed by atoms with Gasteiger partial charge in [-0.1, -0.05) is 108 Å². The zero-order valence-electron chi connectivity index (χ0n) is 37.1. The molecule has 70 heavy (non-hydrogen) atoms. The smallest absolute Gasteiger partial charge is 0.316 e. The summed E-state index contributed by atoms with van der Waals surface area (Å²) in [5.74, 6) is -7.06. The van der Waals surface area contributed by atoms with Gasteiger partial charge in [-0.05, 0) is 40.5 Å². The Kier molecular flexibility index (Phi) is 13.9. The first-order valence-corrected chi connectivity index (χ1v) is 25.5. The first-order chi connectivity index (χ1) is 33.8. The quantitative estimate of drug-likeness (QED) is 0.0184. The molecule has 2 N–H and O–H groups in total. The molecule has 0 spiro atoms. The van der Waals surface area contributed by atoms with E-state index in [1.165, 1.54) is 30.5 Å². The van der Waals surface area contributed by atoms with Crippen LogP contribution in [0.15, 0.2) is 147 Å². The molecule has 0 bridgehead atoms. The summed E-state index contributed by atoms with van der Waals surface area (Å²) in [7, 11) is 0.762. The summed E-state index contributed by atoms with van der Waals surface area (Å²) in [4.78, 5) is 66.5. The number of benzene rings is 5. The average molecular weight is 1020 g/mol. The number of halogens is 3. The van der Waals surface area contributed by atoms with Gasteiger partial charge < -0.3 is 29.8 Å². The zero-order chi connectivity index (χ0) is 49.2. The molecule has 358 valence electrons. The molecule has 20 heteroatoms. The van der Waals surface area contributed by atoms with Crippen LogP contribution in [0.5, 0.6) is 5.75 Å². The maximum atomic E-state index is 14.9. The van der Waals surface area contributed by atoms with E-state index in [1.54, 1.807) is 29.6 Å². The van der Waals surface area contributed by atoms with E-state index in [-0.39, 0.29) is 45.7 Å². The van der Waals surface area contributed by atoms with E-state index in [4.69, 9.17) is 19.3 Å². The number of carbonyl (C=O) groups excluding carboxylic acids is 3. The van der Waals surface area contributed by atoms with Crippen molar-refractivity contribution < 1.29 is 46.1 Å². The van der Waals surface area contributed by atoms with E-state index in [1.807, 2.05) is 91.0 Å². The van der Waals surface area contributed by atoms with E-state index in [0.29, 0.717) is 33.8 Å². The number of oxime groups is 1. The summed E-state index contributed by atoms with van der Waals surface area (Å²) in [5, 5.41) is 11.0. The second-order valence-corrected chi connectivity index (χ2v) is 21.0. The van der Waals surface area contributed by atoms with Crippen LogP contribution in [-0.2, 0) is 46.9 Å². The number of aromatic nitrogens is 1. The lowest BCUT2D eigenvalue weighted by atomic mass is 9.77. The second-order valence-electron chi connectivity index (χ2n) is 16.3. The number of amides is 2. The molecule has 0 aliphatic carbocycles. The first kappa shape index (κ1) is 48.2. The Hall–Kier alpha value is -6.87. The number of esters is 1. The Morgan fingerprint density at radius 3 is 2.13 bits per heavy atom. The molecule has 4 atom stereocenters. The van der Waals surface area contributed by atoms with E-state index < -0.39 is 78.5 Å². The number of β-lactam (4-membered cyclic amide) rings is 1. The molecule has 2 aromatic heterocycles. The lowest BCUT2D eigenvalue weighted by Gasteiger charge is -2.53. The number of ether oxygens (including phenoxy) is 2. The van der Waals surface area contributed by atoms with Gasteiger partial charge in [-0.3, -0.25) is 23.4 Å². The Morgan fingerprint density at radius 2 is 1.53 bits per heavy atom. The molecule has 13 nitrogen and oxygen atoms in total. The summed E-state index contributed by atoms with van der Waals surface area (Å²) in [6.07, 6.45) is 0. The fourth-order valence-electron chi connectivity index (χ4n) is 8.48. The number of anilines is 1. The van der Waals surface area contributed by atoms with E-state index in [0.717, 1.165) is 34.5 Å². The van der Waals surface area contributed by atoms with Crippen molar-refractivity contribution in [3.63, 3.8) is 0 Å². The summed E-state index contributed by atoms with van der Waals surface area (Å²) in [6.45, 7) is -0.496. The van der Waals surface area contributed by atoms with Gasteiger partial charge in [-0.25, -0.2) is 18.2 Å². The van der Waals surface area contributed by atoms with Crippen LogP contribution in [0.3, 0.4) is 0 Å². The van der Waals surface area contributed by atoms with Crippen molar-refractivity contribution in [1.29, 1.82) is 0 Å². The highest BCUT2D eigenvalue weighted by molar-refractivity contribution is 8.01. The Morgan fingerprint density at radius 1 is 0.900 bits per heavy atom. The van der Waals surface area contributed by atoms with Crippen LogP contribution in [0.2, 0.25) is 0 Å². The average Bonchev–Trinajstić information content (AvgIpc) is 3.85. The van der Waals surface area contributed by atoms with Crippen LogP contribution in [0, 0.1) is 22.9 Å². The molecule has 5 aromatic carbocycles. The molecule has 2 saturated heterocycles. The number of thioether (sulfide) groups is 1. The van der Waals surface area contributed by atoms with Crippen molar-refractivity contribution in [2.75, 3.05) is 37.6 Å². The number of carbonyl (C=O) groups is 3. The van der Waals surface area contributed by atoms with Crippen LogP contribution < -0.4 is 20.8 Å². The third-order valence-electron chi connectivity index (χ3n) is 11.9. The predicted molar refractivity (Wildman–Crippen MR) is 263 cm³/mol. The molecule has 3 unspecified atom stereocenters. The van der Waals surface area contributed by atoms with Crippen LogP contribution in [-0.4, -0.2) is 81.3 Å². The monoisotopic (exact) mass is 1020 g/mol. The van der Waals surface area contributed by atoms with Crippen molar-refractivity contribution in [2.45, 2.75) is 27.8 Å². The minimum atomic E-state index is -2.00. The number of nitrogens with zero attached hydrogens (tertiary/aromatic N) is 3. The van der Waals surface area contributed by atoms with Gasteiger partial charge >= 0.3 is 5.97 Å². The lowest BCUT2D eigenvalue weighted by Crippen LogP contribution is -2.77. The molecule has 0 saturated carbocycles. The maximum Gasteiger partial charge on any atom is 0.316 e. The molecule has 9 rings (SSSR count). The number of fused-ring (bicyclic) bond motifs is 2. The molecule has 2 amide bonds. The molecule has 2 aliphatic heterocycles. The second kappa shape index (κ2) is 20.2. The van der Waals surface area contributed by atoms with E-state index in [2.05, 4.69) is 15.8 Å². The summed E-state index contributed by atoms with van der Waals surface area (Å²) in [6, 6.07) is 36.8. The molecular formula is C50H40F3N5O8S4. The van der Waals surface area contributed by atoms with Gasteiger partial charge in [-0.2, -0.15) is 0 Å². The third-order valence-corrected chi connectivity index (χ3v) is 17.2. The van der Waals surface area contributed by atoms with Crippen LogP contribution in [0.1, 0.15) is 27.9 Å². The summed E-state index contributed by atoms with van der Waals surface area (Å²) >= 11 is 2.81. The predicted octanol–water partition coefficient (Wildman–Crippen LogP) is 7.84. The highest BCUT2D eigenvalue weighted by Crippen LogP contribution is 2.43. The zero-order valence-corrected chi connectivity index (χ0v) is 40.3. The lowest BCUT2D eigenvalue weighted by molar-refractivity contribution is -0.162. The number of methoxy groups -OCH3 is 1. The fourth-order valence-corrected chi connectivity index (χ4v) is 13.7. The normalized spacial score (nSPS) is 18.9. The number of thiazole rings is 1. The van der Waals surface area contributed by atoms with Gasteiger partial charge in [0.1, 0.15) is 47.5 Å². The van der Waals surface area contributed by atoms with Crippen molar-refractivity contribution in [2.24, 2.45) is 10.6 Å². The SMILES string of the molecule is CON=C(C(=O)NC1C(=O)N2CC(CSc3cc(=O)c4cc(F)c(F)c(F)c4s3)(C(=O)OCc3ccc(OC)cc3)CS(=O)[C@H]12)c1csc(NC(c2ccccc2)(c2ccccc2)c2ccccc2)n1. The fraction of sp³-hybridized carbons (Fsp3) is 0.200. The van der Waals surface area contributed by atoms with Crippen LogP contribution in [0.25, 0.3) is 10.1 Å². The van der Waals surface area contributed by atoms with Crippen LogP contribution >= 0.6 is 34.4 Å². The number of hydrogen-bond donors (Lipinski definition) is 2. The minimum absolute atomic E-state index is 0.128. The van der Waals surface area contributed by atoms with Crippen molar-refractivity contribution in [3.8, 4) is 5.75 Å². The van der Waals surface area contributed by atoms with Gasteiger partial charge in [-0.15, -0.1) is 34.4 Å². The van der Waals surface area contributed by atoms with Crippen molar-refractivity contribution >= 4 is 83.9 Å². The summed E-state index contributed by atoms with van der Waals surface area (Å²) < 4.78 is 68.3. The third kappa shape index (κ3) is 9.18. The number of hydrogen-bond acceptors (Lipinski definition) is 14. The summed E-state index contributed by atoms with van der Waals surface area (Å²) in [5.41, 5.74) is -0.132. The highest BCUT2D eigenvalue weighted by Gasteiger charge is 2.61. The Balaban J connectivity index is 0.958. The molecule has 2 aliphatic rings. The molecule has 4 heterocycles. The van der Waals surface area contributed by atoms with Gasteiger partial charge in [0, 0.05) is 45.7 Å². The Labute approximate surface area is 413 Å². The van der Waals surface area contributed by atoms with Crippen molar-refractivity contribution in [3.05, 3.63) is 188 Å². The van der Waals surface area contributed by atoms with E-state index in [9.17, 15) is 36.6 Å². The van der Waals surface area contributed by atoms with Gasteiger partial charge in [0.15, 0.2) is 33.7 Å². The minimum Gasteiger partial charge on any atom is -0.497 e. The standard InChI is InChI=1S/C50H40F3N5O8S4/c1-64-33-20-18-29(19-21-33)24-66-47(62)49(27-68-38-23-37(59)34-22-35(51)39(52)40(53)43(34)69-38)26-58-45(61)42(46(58)70(63)28-49)55-44(60)41(57-65-2)36-25-67-48(54-36)56-50(30-12-6-3-7-13-30,31-14-8-4-9-15-31)32-16-10-5-11-17-32/h3-23,25,42,46H,24,26-28H2,1-2H3,(H,54,56)(H,55,60)/t42?,46-,49?,70?/m1/s1. The van der Waals surface area contributed by atoms with Gasteiger partial charge in [0.25, 0.3) is 5.91 Å².